The number of aromatic nitrogens is 5. The van der Waals surface area contributed by atoms with E-state index in [0.717, 1.165) is 22.8 Å². The molecule has 0 aliphatic rings. The Morgan fingerprint density at radius 3 is 2.59 bits per heavy atom. The van der Waals surface area contributed by atoms with E-state index in [4.69, 9.17) is 11.6 Å². The van der Waals surface area contributed by atoms with Gasteiger partial charge in [-0.15, -0.1) is 0 Å². The van der Waals surface area contributed by atoms with Crippen molar-refractivity contribution < 1.29 is 13.2 Å². The number of pyridine rings is 1. The monoisotopic (exact) mass is 484 g/mol. The minimum absolute atomic E-state index is 0.0624. The number of aromatic amines is 1. The average molecular weight is 485 g/mol. The van der Waals surface area contributed by atoms with Crippen LogP contribution in [-0.2, 0) is 0 Å². The van der Waals surface area contributed by atoms with Gasteiger partial charge >= 0.3 is 0 Å². The van der Waals surface area contributed by atoms with Crippen molar-refractivity contribution >= 4 is 39.4 Å². The molecule has 7 nitrogen and oxygen atoms in total. The highest BCUT2D eigenvalue weighted by atomic mass is 35.5. The molecule has 34 heavy (non-hydrogen) atoms. The van der Waals surface area contributed by atoms with Crippen LogP contribution in [0.1, 0.15) is 25.1 Å². The van der Waals surface area contributed by atoms with Crippen molar-refractivity contribution in [2.75, 3.05) is 5.32 Å². The number of hydrogen-bond donors (Lipinski definition) is 2. The maximum absolute atomic E-state index is 14.2. The van der Waals surface area contributed by atoms with Crippen molar-refractivity contribution in [1.82, 2.24) is 24.5 Å². The van der Waals surface area contributed by atoms with Crippen molar-refractivity contribution in [1.29, 1.82) is 0 Å². The van der Waals surface area contributed by atoms with Gasteiger partial charge in [0.15, 0.2) is 11.5 Å². The van der Waals surface area contributed by atoms with Crippen LogP contribution in [0.25, 0.3) is 27.6 Å². The maximum Gasteiger partial charge on any atom is 0.264 e. The Bertz CT molecular complexity index is 1600. The van der Waals surface area contributed by atoms with E-state index in [1.807, 2.05) is 6.92 Å². The predicted octanol–water partition coefficient (Wildman–Crippen LogP) is 5.29. The zero-order chi connectivity index (χ0) is 24.0. The molecule has 0 amide bonds. The number of halogens is 4. The number of hydrogen-bond acceptors (Lipinski definition) is 5. The van der Waals surface area contributed by atoms with E-state index in [-0.39, 0.29) is 16.1 Å². The number of anilines is 1. The summed E-state index contributed by atoms with van der Waals surface area (Å²) in [6, 6.07) is 6.42. The second kappa shape index (κ2) is 8.45. The maximum atomic E-state index is 14.2. The highest BCUT2D eigenvalue weighted by Crippen LogP contribution is 2.31. The minimum Gasteiger partial charge on any atom is -0.360 e. The van der Waals surface area contributed by atoms with E-state index in [1.54, 1.807) is 6.07 Å². The fourth-order valence-corrected chi connectivity index (χ4v) is 4.22. The third-order valence-electron chi connectivity index (χ3n) is 5.50. The smallest absolute Gasteiger partial charge is 0.264 e. The summed E-state index contributed by atoms with van der Waals surface area (Å²) in [4.78, 5) is 29.1. The van der Waals surface area contributed by atoms with Crippen LogP contribution in [0, 0.1) is 17.5 Å². The number of imidazole rings is 1. The van der Waals surface area contributed by atoms with E-state index < -0.39 is 29.1 Å². The predicted molar refractivity (Wildman–Crippen MR) is 123 cm³/mol. The van der Waals surface area contributed by atoms with Crippen molar-refractivity contribution in [3.05, 3.63) is 87.6 Å². The second-order valence-electron chi connectivity index (χ2n) is 7.59. The van der Waals surface area contributed by atoms with Gasteiger partial charge in [0, 0.05) is 11.8 Å². The lowest BCUT2D eigenvalue weighted by Gasteiger charge is -2.23. The molecular weight excluding hydrogens is 469 g/mol. The molecule has 0 saturated heterocycles. The highest BCUT2D eigenvalue weighted by molar-refractivity contribution is 6.35. The summed E-state index contributed by atoms with van der Waals surface area (Å²) in [5.74, 6) is -2.11. The molecule has 1 unspecified atom stereocenters. The van der Waals surface area contributed by atoms with Gasteiger partial charge in [0.25, 0.3) is 5.56 Å². The van der Waals surface area contributed by atoms with E-state index >= 15 is 0 Å². The first-order valence-corrected chi connectivity index (χ1v) is 10.7. The molecule has 0 aliphatic heterocycles. The average Bonchev–Trinajstić information content (AvgIpc) is 3.28. The molecule has 3 aromatic heterocycles. The Kier molecular flexibility index (Phi) is 5.45. The normalized spacial score (nSPS) is 12.4. The van der Waals surface area contributed by atoms with Gasteiger partial charge in [-0.25, -0.2) is 28.1 Å². The van der Waals surface area contributed by atoms with Gasteiger partial charge < -0.3 is 10.3 Å². The zero-order valence-electron chi connectivity index (χ0n) is 17.6. The topological polar surface area (TPSA) is 88.5 Å². The van der Waals surface area contributed by atoms with Gasteiger partial charge in [-0.05, 0) is 36.1 Å². The standard InChI is InChI=1S/C23H16ClF3N6O/c1-2-16(32-22-20-21(29-9-28-20)30-10-31-22)17-5-11-3-4-15(27)19(24)18(11)23(34)33(17)14-7-12(25)6-13(26)8-14/h3-10,16H,2H2,1H3,(H2,28,29,30,31,32). The molecule has 2 aromatic carbocycles. The van der Waals surface area contributed by atoms with Gasteiger partial charge in [-0.3, -0.25) is 9.36 Å². The molecule has 2 N–H and O–H groups in total. The third-order valence-corrected chi connectivity index (χ3v) is 5.87. The van der Waals surface area contributed by atoms with Crippen LogP contribution in [0.4, 0.5) is 19.0 Å². The van der Waals surface area contributed by atoms with E-state index in [2.05, 4.69) is 25.3 Å². The first-order valence-electron chi connectivity index (χ1n) is 10.3. The van der Waals surface area contributed by atoms with Gasteiger partial charge in [-0.2, -0.15) is 0 Å². The van der Waals surface area contributed by atoms with Crippen molar-refractivity contribution in [2.45, 2.75) is 19.4 Å². The Hall–Kier alpha value is -3.92. The molecule has 0 bridgehead atoms. The number of nitrogens with one attached hydrogen (secondary N) is 2. The molecule has 172 valence electrons. The molecule has 1 atom stereocenters. The summed E-state index contributed by atoms with van der Waals surface area (Å²) in [5, 5.41) is 3.16. The largest absolute Gasteiger partial charge is 0.360 e. The lowest BCUT2D eigenvalue weighted by molar-refractivity contribution is 0.579. The fraction of sp³-hybridized carbons (Fsp3) is 0.130. The highest BCUT2D eigenvalue weighted by Gasteiger charge is 2.22. The summed E-state index contributed by atoms with van der Waals surface area (Å²) in [5.41, 5.74) is 0.590. The molecule has 0 saturated carbocycles. The molecule has 0 aliphatic carbocycles. The summed E-state index contributed by atoms with van der Waals surface area (Å²) in [7, 11) is 0. The zero-order valence-corrected chi connectivity index (χ0v) is 18.4. The van der Waals surface area contributed by atoms with Gasteiger partial charge in [0.1, 0.15) is 29.3 Å². The first kappa shape index (κ1) is 21.9. The molecule has 3 heterocycles. The van der Waals surface area contributed by atoms with Gasteiger partial charge in [-0.1, -0.05) is 24.6 Å². The summed E-state index contributed by atoms with van der Waals surface area (Å²) < 4.78 is 43.5. The van der Waals surface area contributed by atoms with E-state index in [0.29, 0.717) is 40.5 Å². The Balaban J connectivity index is 1.78. The lowest BCUT2D eigenvalue weighted by atomic mass is 10.0. The molecule has 0 fully saturated rings. The van der Waals surface area contributed by atoms with Crippen LogP contribution >= 0.6 is 11.6 Å². The number of benzene rings is 2. The van der Waals surface area contributed by atoms with Crippen molar-refractivity contribution in [3.63, 3.8) is 0 Å². The number of fused-ring (bicyclic) bond motifs is 2. The van der Waals surface area contributed by atoms with Gasteiger partial charge in [0.2, 0.25) is 0 Å². The molecule has 0 radical (unpaired) electrons. The summed E-state index contributed by atoms with van der Waals surface area (Å²) in [6.45, 7) is 1.86. The van der Waals surface area contributed by atoms with Gasteiger partial charge in [0.05, 0.1) is 28.5 Å². The SMILES string of the molecule is CCC(Nc1ncnc2[nH]cnc12)c1cc2ccc(F)c(Cl)c2c(=O)n1-c1cc(F)cc(F)c1. The molecule has 0 spiro atoms. The summed E-state index contributed by atoms with van der Waals surface area (Å²) >= 11 is 6.12. The quantitative estimate of drug-likeness (QED) is 0.354. The second-order valence-corrected chi connectivity index (χ2v) is 7.97. The first-order chi connectivity index (χ1) is 16.4. The molecule has 5 rings (SSSR count). The minimum atomic E-state index is -0.867. The van der Waals surface area contributed by atoms with E-state index in [1.165, 1.54) is 18.7 Å². The Morgan fingerprint density at radius 1 is 1.09 bits per heavy atom. The van der Waals surface area contributed by atoms with Crippen LogP contribution in [0.5, 0.6) is 0 Å². The fourth-order valence-electron chi connectivity index (χ4n) is 3.97. The van der Waals surface area contributed by atoms with Crippen LogP contribution in [-0.4, -0.2) is 24.5 Å². The lowest BCUT2D eigenvalue weighted by Crippen LogP contribution is -2.27. The number of H-pyrrole nitrogens is 1. The molecule has 5 aromatic rings. The van der Waals surface area contributed by atoms with E-state index in [9.17, 15) is 18.0 Å². The number of rotatable bonds is 5. The van der Waals surface area contributed by atoms with Crippen LogP contribution < -0.4 is 10.9 Å². The molecular formula is C23H16ClF3N6O. The Morgan fingerprint density at radius 2 is 1.85 bits per heavy atom. The van der Waals surface area contributed by atoms with Crippen LogP contribution in [0.2, 0.25) is 5.02 Å². The van der Waals surface area contributed by atoms with Crippen LogP contribution in [0.3, 0.4) is 0 Å². The summed E-state index contributed by atoms with van der Waals surface area (Å²) in [6.07, 6.45) is 3.28. The Labute approximate surface area is 195 Å². The van der Waals surface area contributed by atoms with Crippen molar-refractivity contribution in [2.24, 2.45) is 0 Å². The third kappa shape index (κ3) is 3.65. The van der Waals surface area contributed by atoms with Crippen molar-refractivity contribution in [3.8, 4) is 5.69 Å². The number of nitrogens with zero attached hydrogens (tertiary/aromatic N) is 4. The van der Waals surface area contributed by atoms with Crippen LogP contribution in [0.15, 0.2) is 53.8 Å². The molecule has 11 heteroatoms.